The third-order valence-electron chi connectivity index (χ3n) is 3.93. The number of nitrogens with two attached hydrogens (primary N) is 1. The SMILES string of the molecule is Cn1c(=O)c(CNC(=O)c2cccnc2C(N)=O)cc2ccccc21. The first kappa shape index (κ1) is 16.4. The molecule has 3 rings (SSSR count). The lowest BCUT2D eigenvalue weighted by atomic mass is 10.1. The van der Waals surface area contributed by atoms with Crippen LogP contribution in [-0.4, -0.2) is 21.4 Å². The zero-order valence-electron chi connectivity index (χ0n) is 13.5. The van der Waals surface area contributed by atoms with Crippen LogP contribution in [0.1, 0.15) is 26.4 Å². The van der Waals surface area contributed by atoms with Crippen LogP contribution in [0.5, 0.6) is 0 Å². The number of para-hydroxylation sites is 1. The number of carbonyl (C=O) groups excluding carboxylic acids is 2. The molecule has 2 heterocycles. The first-order chi connectivity index (χ1) is 12.0. The number of hydrogen-bond donors (Lipinski definition) is 2. The lowest BCUT2D eigenvalue weighted by Gasteiger charge is -2.10. The molecule has 25 heavy (non-hydrogen) atoms. The molecule has 0 saturated carbocycles. The standard InChI is InChI=1S/C18H16N4O3/c1-22-14-7-3-2-5-11(14)9-12(18(22)25)10-21-17(24)13-6-4-8-20-15(13)16(19)23/h2-9H,10H2,1H3,(H2,19,23)(H,21,24). The highest BCUT2D eigenvalue weighted by molar-refractivity contribution is 6.05. The van der Waals surface area contributed by atoms with Crippen molar-refractivity contribution in [1.29, 1.82) is 0 Å². The highest BCUT2D eigenvalue weighted by Crippen LogP contribution is 2.12. The second-order valence-electron chi connectivity index (χ2n) is 5.54. The van der Waals surface area contributed by atoms with Crippen LogP contribution < -0.4 is 16.6 Å². The minimum absolute atomic E-state index is 0.0312. The fourth-order valence-corrected chi connectivity index (χ4v) is 2.67. The van der Waals surface area contributed by atoms with Gasteiger partial charge >= 0.3 is 0 Å². The number of aryl methyl sites for hydroxylation is 1. The van der Waals surface area contributed by atoms with Crippen LogP contribution in [0.25, 0.3) is 10.9 Å². The average molecular weight is 336 g/mol. The minimum Gasteiger partial charge on any atom is -0.364 e. The van der Waals surface area contributed by atoms with E-state index in [1.807, 2.05) is 24.3 Å². The summed E-state index contributed by atoms with van der Waals surface area (Å²) in [5, 5.41) is 3.54. The Kier molecular flexibility index (Phi) is 4.30. The lowest BCUT2D eigenvalue weighted by molar-refractivity contribution is 0.0931. The summed E-state index contributed by atoms with van der Waals surface area (Å²) in [4.78, 5) is 40.0. The summed E-state index contributed by atoms with van der Waals surface area (Å²) in [6.07, 6.45) is 1.38. The zero-order chi connectivity index (χ0) is 18.0. The Morgan fingerprint density at radius 2 is 1.96 bits per heavy atom. The van der Waals surface area contributed by atoms with Crippen molar-refractivity contribution >= 4 is 22.7 Å². The van der Waals surface area contributed by atoms with E-state index in [9.17, 15) is 14.4 Å². The van der Waals surface area contributed by atoms with Crippen LogP contribution >= 0.6 is 0 Å². The topological polar surface area (TPSA) is 107 Å². The first-order valence-corrected chi connectivity index (χ1v) is 7.59. The monoisotopic (exact) mass is 336 g/mol. The predicted molar refractivity (Wildman–Crippen MR) is 93.1 cm³/mol. The van der Waals surface area contributed by atoms with E-state index in [1.54, 1.807) is 13.1 Å². The molecule has 2 aromatic heterocycles. The molecule has 0 unspecified atom stereocenters. The van der Waals surface area contributed by atoms with Crippen molar-refractivity contribution in [2.75, 3.05) is 0 Å². The molecule has 0 spiro atoms. The van der Waals surface area contributed by atoms with Gasteiger partial charge in [0.1, 0.15) is 5.69 Å². The summed E-state index contributed by atoms with van der Waals surface area (Å²) >= 11 is 0. The Bertz CT molecular complexity index is 1040. The first-order valence-electron chi connectivity index (χ1n) is 7.59. The largest absolute Gasteiger partial charge is 0.364 e. The molecule has 0 aliphatic rings. The molecule has 2 amide bonds. The number of nitrogens with one attached hydrogen (secondary N) is 1. The van der Waals surface area contributed by atoms with E-state index in [0.717, 1.165) is 10.9 Å². The van der Waals surface area contributed by atoms with Crippen LogP contribution in [0, 0.1) is 0 Å². The molecule has 126 valence electrons. The molecule has 0 aliphatic carbocycles. The number of nitrogens with zero attached hydrogens (tertiary/aromatic N) is 2. The van der Waals surface area contributed by atoms with Crippen LogP contribution in [-0.2, 0) is 13.6 Å². The molecule has 7 nitrogen and oxygen atoms in total. The molecule has 0 fully saturated rings. The molecule has 0 atom stereocenters. The van der Waals surface area contributed by atoms with Crippen molar-refractivity contribution in [2.24, 2.45) is 12.8 Å². The third kappa shape index (κ3) is 3.12. The van der Waals surface area contributed by atoms with Gasteiger partial charge in [-0.1, -0.05) is 18.2 Å². The van der Waals surface area contributed by atoms with E-state index in [-0.39, 0.29) is 23.4 Å². The maximum Gasteiger partial charge on any atom is 0.268 e. The summed E-state index contributed by atoms with van der Waals surface area (Å²) in [5.41, 5.74) is 6.26. The maximum absolute atomic E-state index is 12.4. The van der Waals surface area contributed by atoms with Gasteiger partial charge in [-0.2, -0.15) is 0 Å². The quantitative estimate of drug-likeness (QED) is 0.740. The average Bonchev–Trinajstić information content (AvgIpc) is 2.63. The molecule has 0 bridgehead atoms. The van der Waals surface area contributed by atoms with Crippen molar-refractivity contribution in [2.45, 2.75) is 6.54 Å². The second-order valence-corrected chi connectivity index (χ2v) is 5.54. The number of carbonyl (C=O) groups is 2. The molecule has 7 heteroatoms. The van der Waals surface area contributed by atoms with Gasteiger partial charge in [0.2, 0.25) is 0 Å². The van der Waals surface area contributed by atoms with Gasteiger partial charge in [0.05, 0.1) is 11.1 Å². The Hall–Kier alpha value is -3.48. The van der Waals surface area contributed by atoms with Crippen molar-refractivity contribution in [3.8, 4) is 0 Å². The van der Waals surface area contributed by atoms with Gasteiger partial charge in [-0.15, -0.1) is 0 Å². The van der Waals surface area contributed by atoms with Gasteiger partial charge in [-0.25, -0.2) is 0 Å². The third-order valence-corrected chi connectivity index (χ3v) is 3.93. The van der Waals surface area contributed by atoms with E-state index < -0.39 is 11.8 Å². The highest BCUT2D eigenvalue weighted by Gasteiger charge is 2.16. The summed E-state index contributed by atoms with van der Waals surface area (Å²) in [6.45, 7) is 0.0312. The summed E-state index contributed by atoms with van der Waals surface area (Å²) in [5.74, 6) is -1.30. The number of aromatic nitrogens is 2. The smallest absolute Gasteiger partial charge is 0.268 e. The molecular weight excluding hydrogens is 320 g/mol. The van der Waals surface area contributed by atoms with E-state index in [1.165, 1.54) is 22.9 Å². The number of rotatable bonds is 4. The number of fused-ring (bicyclic) bond motifs is 1. The predicted octanol–water partition coefficient (Wildman–Crippen LogP) is 0.962. The summed E-state index contributed by atoms with van der Waals surface area (Å²) in [7, 11) is 1.68. The van der Waals surface area contributed by atoms with E-state index in [4.69, 9.17) is 5.73 Å². The van der Waals surface area contributed by atoms with E-state index >= 15 is 0 Å². The fraction of sp³-hybridized carbons (Fsp3) is 0.111. The fourth-order valence-electron chi connectivity index (χ4n) is 2.67. The van der Waals surface area contributed by atoms with Gasteiger partial charge in [0, 0.05) is 25.4 Å². The second kappa shape index (κ2) is 6.56. The number of hydrogen-bond acceptors (Lipinski definition) is 4. The molecule has 0 aliphatic heterocycles. The molecule has 3 N–H and O–H groups in total. The van der Waals surface area contributed by atoms with Crippen molar-refractivity contribution in [3.05, 3.63) is 75.8 Å². The summed E-state index contributed by atoms with van der Waals surface area (Å²) in [6, 6.07) is 12.2. The number of amides is 2. The van der Waals surface area contributed by atoms with Gasteiger partial charge in [-0.3, -0.25) is 19.4 Å². The van der Waals surface area contributed by atoms with E-state index in [2.05, 4.69) is 10.3 Å². The maximum atomic E-state index is 12.4. The van der Waals surface area contributed by atoms with Crippen molar-refractivity contribution in [1.82, 2.24) is 14.9 Å². The van der Waals surface area contributed by atoms with Crippen LogP contribution in [0.4, 0.5) is 0 Å². The normalized spacial score (nSPS) is 10.6. The number of pyridine rings is 2. The molecule has 3 aromatic rings. The van der Waals surface area contributed by atoms with Crippen molar-refractivity contribution in [3.63, 3.8) is 0 Å². The van der Waals surface area contributed by atoms with Crippen LogP contribution in [0.15, 0.2) is 53.5 Å². The molecule has 1 aromatic carbocycles. The number of primary amides is 1. The molecule has 0 saturated heterocycles. The Balaban J connectivity index is 1.89. The molecule has 0 radical (unpaired) electrons. The van der Waals surface area contributed by atoms with Gasteiger partial charge < -0.3 is 15.6 Å². The highest BCUT2D eigenvalue weighted by atomic mass is 16.2. The lowest BCUT2D eigenvalue weighted by Crippen LogP contribution is -2.31. The minimum atomic E-state index is -0.785. The zero-order valence-corrected chi connectivity index (χ0v) is 13.5. The van der Waals surface area contributed by atoms with Crippen LogP contribution in [0.3, 0.4) is 0 Å². The number of benzene rings is 1. The Labute approximate surface area is 143 Å². The van der Waals surface area contributed by atoms with E-state index in [0.29, 0.717) is 5.56 Å². The van der Waals surface area contributed by atoms with Gasteiger partial charge in [-0.05, 0) is 29.7 Å². The van der Waals surface area contributed by atoms with Crippen LogP contribution in [0.2, 0.25) is 0 Å². The van der Waals surface area contributed by atoms with Gasteiger partial charge in [0.25, 0.3) is 17.4 Å². The Morgan fingerprint density at radius 3 is 2.72 bits per heavy atom. The molecular formula is C18H16N4O3. The van der Waals surface area contributed by atoms with Gasteiger partial charge in [0.15, 0.2) is 0 Å². The summed E-state index contributed by atoms with van der Waals surface area (Å²) < 4.78 is 1.54. The Morgan fingerprint density at radius 1 is 1.20 bits per heavy atom. The van der Waals surface area contributed by atoms with Crippen molar-refractivity contribution < 1.29 is 9.59 Å².